The molecule has 1 N–H and O–H groups in total. The van der Waals surface area contributed by atoms with Crippen molar-refractivity contribution < 1.29 is 19.1 Å². The van der Waals surface area contributed by atoms with Crippen molar-refractivity contribution in [2.24, 2.45) is 5.10 Å². The molecule has 0 heterocycles. The van der Waals surface area contributed by atoms with Gasteiger partial charge in [0.1, 0.15) is 0 Å². The first-order chi connectivity index (χ1) is 14.5. The Kier molecular flexibility index (Phi) is 6.83. The predicted octanol–water partition coefficient (Wildman–Crippen LogP) is 4.64. The number of ether oxygens (including phenoxy) is 2. The zero-order valence-corrected chi connectivity index (χ0v) is 17.1. The number of halogens is 1. The molecular formula is C23H19ClN2O4. The smallest absolute Gasteiger partial charge is 0.343 e. The lowest BCUT2D eigenvalue weighted by Gasteiger charge is -2.10. The van der Waals surface area contributed by atoms with E-state index in [4.69, 9.17) is 21.1 Å². The molecule has 0 aromatic heterocycles. The zero-order valence-electron chi connectivity index (χ0n) is 16.4. The van der Waals surface area contributed by atoms with E-state index in [9.17, 15) is 9.59 Å². The van der Waals surface area contributed by atoms with E-state index in [0.717, 1.165) is 5.56 Å². The van der Waals surface area contributed by atoms with Crippen molar-refractivity contribution in [1.82, 2.24) is 5.43 Å². The molecule has 0 atom stereocenters. The number of aryl methyl sites for hydroxylation is 1. The highest BCUT2D eigenvalue weighted by atomic mass is 35.5. The molecule has 0 saturated carbocycles. The molecule has 0 unspecified atom stereocenters. The van der Waals surface area contributed by atoms with Crippen LogP contribution in [0.5, 0.6) is 11.5 Å². The molecule has 3 rings (SSSR count). The molecule has 3 aromatic carbocycles. The first-order valence-corrected chi connectivity index (χ1v) is 9.40. The summed E-state index contributed by atoms with van der Waals surface area (Å²) in [5.41, 5.74) is 4.80. The molecule has 30 heavy (non-hydrogen) atoms. The second-order valence-electron chi connectivity index (χ2n) is 6.35. The molecule has 0 fully saturated rings. The van der Waals surface area contributed by atoms with Gasteiger partial charge in [-0.15, -0.1) is 0 Å². The fourth-order valence-electron chi connectivity index (χ4n) is 2.61. The van der Waals surface area contributed by atoms with Gasteiger partial charge in [-0.3, -0.25) is 4.79 Å². The van der Waals surface area contributed by atoms with Crippen molar-refractivity contribution in [3.05, 3.63) is 94.0 Å². The summed E-state index contributed by atoms with van der Waals surface area (Å²) in [6, 6.07) is 18.7. The summed E-state index contributed by atoms with van der Waals surface area (Å²) in [6.07, 6.45) is 1.45. The molecule has 0 bridgehead atoms. The molecular weight excluding hydrogens is 404 g/mol. The second-order valence-corrected chi connectivity index (χ2v) is 6.76. The molecule has 0 aliphatic heterocycles. The Morgan fingerprint density at radius 3 is 2.47 bits per heavy atom. The van der Waals surface area contributed by atoms with Gasteiger partial charge in [-0.2, -0.15) is 5.10 Å². The number of esters is 1. The van der Waals surface area contributed by atoms with Crippen molar-refractivity contribution in [3.8, 4) is 11.5 Å². The van der Waals surface area contributed by atoms with E-state index < -0.39 is 11.9 Å². The van der Waals surface area contributed by atoms with Gasteiger partial charge in [0.2, 0.25) is 0 Å². The minimum absolute atomic E-state index is 0.277. The number of carbonyl (C=O) groups is 2. The minimum atomic E-state index is -0.488. The van der Waals surface area contributed by atoms with Gasteiger partial charge in [0.05, 0.1) is 29.5 Å². The van der Waals surface area contributed by atoms with Crippen molar-refractivity contribution in [1.29, 1.82) is 0 Å². The van der Waals surface area contributed by atoms with Crippen LogP contribution < -0.4 is 14.9 Å². The minimum Gasteiger partial charge on any atom is -0.493 e. The third-order valence-corrected chi connectivity index (χ3v) is 4.46. The molecule has 0 saturated heterocycles. The van der Waals surface area contributed by atoms with Crippen LogP contribution in [0.15, 0.2) is 71.8 Å². The fourth-order valence-corrected chi connectivity index (χ4v) is 2.93. The number of benzene rings is 3. The van der Waals surface area contributed by atoms with Crippen molar-refractivity contribution in [3.63, 3.8) is 0 Å². The van der Waals surface area contributed by atoms with Gasteiger partial charge < -0.3 is 9.47 Å². The van der Waals surface area contributed by atoms with Gasteiger partial charge in [0.15, 0.2) is 11.5 Å². The standard InChI is InChI=1S/C23H19ClN2O4/c1-15-8-10-18(19(24)12-15)22(27)26-25-14-16-9-11-20(21(13-16)29-2)30-23(28)17-6-4-3-5-7-17/h3-14H,1-2H3,(H,26,27). The third kappa shape index (κ3) is 5.24. The number of nitrogens with one attached hydrogen (secondary N) is 1. The van der Waals surface area contributed by atoms with E-state index in [2.05, 4.69) is 10.5 Å². The first-order valence-electron chi connectivity index (χ1n) is 9.03. The molecule has 0 aliphatic carbocycles. The maximum atomic E-state index is 12.2. The summed E-state index contributed by atoms with van der Waals surface area (Å²) in [5.74, 6) is -0.274. The molecule has 6 nitrogen and oxygen atoms in total. The molecule has 0 spiro atoms. The van der Waals surface area contributed by atoms with Crippen molar-refractivity contribution in [2.45, 2.75) is 6.92 Å². The summed E-state index contributed by atoms with van der Waals surface area (Å²) in [7, 11) is 1.47. The number of amides is 1. The maximum Gasteiger partial charge on any atom is 0.343 e. The second kappa shape index (κ2) is 9.71. The van der Waals surface area contributed by atoms with Gasteiger partial charge in [-0.25, -0.2) is 10.2 Å². The molecule has 152 valence electrons. The number of hydrogen-bond donors (Lipinski definition) is 1. The predicted molar refractivity (Wildman–Crippen MR) is 116 cm³/mol. The Morgan fingerprint density at radius 1 is 1.00 bits per heavy atom. The van der Waals surface area contributed by atoms with E-state index in [1.807, 2.05) is 13.0 Å². The van der Waals surface area contributed by atoms with Crippen LogP contribution in [0.4, 0.5) is 0 Å². The van der Waals surface area contributed by atoms with E-state index in [1.54, 1.807) is 60.7 Å². The molecule has 7 heteroatoms. The van der Waals surface area contributed by atoms with Crippen LogP contribution in [0.1, 0.15) is 31.8 Å². The first kappa shape index (κ1) is 21.1. The Hall–Kier alpha value is -3.64. The Labute approximate surface area is 179 Å². The zero-order chi connectivity index (χ0) is 21.5. The lowest BCUT2D eigenvalue weighted by atomic mass is 10.1. The van der Waals surface area contributed by atoms with Gasteiger partial charge in [0, 0.05) is 0 Å². The lowest BCUT2D eigenvalue weighted by Crippen LogP contribution is -2.18. The number of carbonyl (C=O) groups excluding carboxylic acids is 2. The molecule has 1 amide bonds. The van der Waals surface area contributed by atoms with Crippen molar-refractivity contribution in [2.75, 3.05) is 7.11 Å². The van der Waals surface area contributed by atoms with Gasteiger partial charge >= 0.3 is 5.97 Å². The van der Waals surface area contributed by atoms with E-state index >= 15 is 0 Å². The summed E-state index contributed by atoms with van der Waals surface area (Å²) >= 11 is 6.09. The summed E-state index contributed by atoms with van der Waals surface area (Å²) in [5, 5.41) is 4.30. The van der Waals surface area contributed by atoms with Crippen LogP contribution in [0.2, 0.25) is 5.02 Å². The highest BCUT2D eigenvalue weighted by molar-refractivity contribution is 6.33. The topological polar surface area (TPSA) is 77.0 Å². The van der Waals surface area contributed by atoms with E-state index in [0.29, 0.717) is 27.5 Å². The highest BCUT2D eigenvalue weighted by Gasteiger charge is 2.13. The van der Waals surface area contributed by atoms with Gasteiger partial charge in [0.25, 0.3) is 5.91 Å². The summed E-state index contributed by atoms with van der Waals surface area (Å²) in [6.45, 7) is 1.89. The Morgan fingerprint density at radius 2 is 1.77 bits per heavy atom. The largest absolute Gasteiger partial charge is 0.493 e. The van der Waals surface area contributed by atoms with E-state index in [-0.39, 0.29) is 5.75 Å². The quantitative estimate of drug-likeness (QED) is 0.272. The van der Waals surface area contributed by atoms with E-state index in [1.165, 1.54) is 13.3 Å². The van der Waals surface area contributed by atoms with Crippen LogP contribution in [-0.4, -0.2) is 25.2 Å². The van der Waals surface area contributed by atoms with Crippen LogP contribution in [-0.2, 0) is 0 Å². The average Bonchev–Trinajstić information content (AvgIpc) is 2.75. The normalized spacial score (nSPS) is 10.6. The maximum absolute atomic E-state index is 12.2. The number of nitrogens with zero attached hydrogens (tertiary/aromatic N) is 1. The summed E-state index contributed by atoms with van der Waals surface area (Å²) in [4.78, 5) is 24.4. The van der Waals surface area contributed by atoms with Crippen LogP contribution in [0.25, 0.3) is 0 Å². The van der Waals surface area contributed by atoms with Crippen LogP contribution in [0, 0.1) is 6.92 Å². The van der Waals surface area contributed by atoms with Crippen molar-refractivity contribution >= 4 is 29.7 Å². The SMILES string of the molecule is COc1cc(C=NNC(=O)c2ccc(C)cc2Cl)ccc1OC(=O)c1ccccc1. The summed E-state index contributed by atoms with van der Waals surface area (Å²) < 4.78 is 10.7. The average molecular weight is 423 g/mol. The number of rotatable bonds is 6. The monoisotopic (exact) mass is 422 g/mol. The lowest BCUT2D eigenvalue weighted by molar-refractivity contribution is 0.0729. The molecule has 0 radical (unpaired) electrons. The molecule has 0 aliphatic rings. The number of hydrogen-bond acceptors (Lipinski definition) is 5. The van der Waals surface area contributed by atoms with Gasteiger partial charge in [-0.05, 0) is 60.5 Å². The van der Waals surface area contributed by atoms with Gasteiger partial charge in [-0.1, -0.05) is 35.9 Å². The Bertz CT molecular complexity index is 1100. The van der Waals surface area contributed by atoms with Crippen LogP contribution >= 0.6 is 11.6 Å². The third-order valence-electron chi connectivity index (χ3n) is 4.15. The number of hydrazone groups is 1. The highest BCUT2D eigenvalue weighted by Crippen LogP contribution is 2.28. The van der Waals surface area contributed by atoms with Crippen LogP contribution in [0.3, 0.4) is 0 Å². The molecule has 3 aromatic rings. The number of methoxy groups -OCH3 is 1. The Balaban J connectivity index is 1.68. The fraction of sp³-hybridized carbons (Fsp3) is 0.0870.